The predicted octanol–water partition coefficient (Wildman–Crippen LogP) is 3.14. The summed E-state index contributed by atoms with van der Waals surface area (Å²) in [6.07, 6.45) is 0. The van der Waals surface area contributed by atoms with E-state index in [1.165, 1.54) is 0 Å². The predicted molar refractivity (Wildman–Crippen MR) is 81.9 cm³/mol. The molecule has 0 fully saturated rings. The van der Waals surface area contributed by atoms with E-state index >= 15 is 0 Å². The lowest BCUT2D eigenvalue weighted by Gasteiger charge is -2.09. The van der Waals surface area contributed by atoms with Gasteiger partial charge in [-0.2, -0.15) is 0 Å². The molecule has 0 radical (unpaired) electrons. The highest BCUT2D eigenvalue weighted by molar-refractivity contribution is 6.33. The summed E-state index contributed by atoms with van der Waals surface area (Å²) in [6, 6.07) is 17.5. The summed E-state index contributed by atoms with van der Waals surface area (Å²) in [5.41, 5.74) is 3.22. The Labute approximate surface area is 127 Å². The second-order valence-electron chi connectivity index (χ2n) is 4.67. The van der Waals surface area contributed by atoms with E-state index < -0.39 is 0 Å². The molecule has 5 heteroatoms. The minimum atomic E-state index is -0.171. The number of halogens is 1. The van der Waals surface area contributed by atoms with Gasteiger partial charge in [-0.15, -0.1) is 5.10 Å². The first-order valence-electron chi connectivity index (χ1n) is 6.61. The Bertz CT molecular complexity index is 740. The number of benzene rings is 2. The maximum atomic E-state index is 9.49. The van der Waals surface area contributed by atoms with Crippen LogP contribution in [0.25, 0.3) is 11.3 Å². The zero-order valence-corrected chi connectivity index (χ0v) is 12.0. The van der Waals surface area contributed by atoms with Crippen LogP contribution in [0.4, 0.5) is 0 Å². The van der Waals surface area contributed by atoms with Crippen LogP contribution >= 0.6 is 11.6 Å². The quantitative estimate of drug-likeness (QED) is 0.805. The fourth-order valence-electron chi connectivity index (χ4n) is 2.27. The van der Waals surface area contributed by atoms with Gasteiger partial charge in [-0.1, -0.05) is 65.3 Å². The van der Waals surface area contributed by atoms with Gasteiger partial charge in [0.05, 0.1) is 23.9 Å². The minimum absolute atomic E-state index is 0.171. The third-order valence-electron chi connectivity index (χ3n) is 3.26. The zero-order valence-electron chi connectivity index (χ0n) is 11.3. The molecule has 3 rings (SSSR count). The van der Waals surface area contributed by atoms with E-state index in [0.717, 1.165) is 16.8 Å². The van der Waals surface area contributed by atoms with E-state index in [1.54, 1.807) is 4.68 Å². The number of aliphatic hydroxyl groups is 1. The largest absolute Gasteiger partial charge is 0.390 e. The van der Waals surface area contributed by atoms with Gasteiger partial charge in [-0.3, -0.25) is 0 Å². The van der Waals surface area contributed by atoms with Gasteiger partial charge in [0, 0.05) is 5.56 Å². The number of aliphatic hydroxyl groups excluding tert-OH is 1. The van der Waals surface area contributed by atoms with Crippen molar-refractivity contribution in [2.24, 2.45) is 0 Å². The summed E-state index contributed by atoms with van der Waals surface area (Å²) in [6.45, 7) is 0.406. The van der Waals surface area contributed by atoms with Gasteiger partial charge in [0.2, 0.25) is 0 Å². The molecule has 0 saturated carbocycles. The van der Waals surface area contributed by atoms with Crippen molar-refractivity contribution in [3.05, 3.63) is 70.9 Å². The molecule has 4 nitrogen and oxygen atoms in total. The zero-order chi connectivity index (χ0) is 14.7. The Balaban J connectivity index is 2.07. The van der Waals surface area contributed by atoms with Crippen LogP contribution in [0, 0.1) is 0 Å². The first kappa shape index (κ1) is 13.8. The van der Waals surface area contributed by atoms with Crippen molar-refractivity contribution in [2.75, 3.05) is 0 Å². The van der Waals surface area contributed by atoms with Crippen LogP contribution in [0.3, 0.4) is 0 Å². The van der Waals surface area contributed by atoms with E-state index in [0.29, 0.717) is 17.3 Å². The number of hydrogen-bond acceptors (Lipinski definition) is 3. The van der Waals surface area contributed by atoms with Crippen LogP contribution in [0.2, 0.25) is 5.02 Å². The molecule has 1 heterocycles. The summed E-state index contributed by atoms with van der Waals surface area (Å²) in [7, 11) is 0. The molecule has 1 N–H and O–H groups in total. The van der Waals surface area contributed by atoms with E-state index in [9.17, 15) is 5.11 Å². The average molecular weight is 300 g/mol. The third kappa shape index (κ3) is 2.82. The number of aromatic nitrogens is 3. The molecule has 0 unspecified atom stereocenters. The normalized spacial score (nSPS) is 10.8. The molecule has 0 aliphatic heterocycles. The van der Waals surface area contributed by atoms with Crippen LogP contribution in [0.15, 0.2) is 54.6 Å². The van der Waals surface area contributed by atoms with Crippen molar-refractivity contribution in [3.63, 3.8) is 0 Å². The minimum Gasteiger partial charge on any atom is -0.390 e. The maximum Gasteiger partial charge on any atom is 0.116 e. The van der Waals surface area contributed by atoms with E-state index in [-0.39, 0.29) is 6.61 Å². The van der Waals surface area contributed by atoms with Gasteiger partial charge >= 0.3 is 0 Å². The van der Waals surface area contributed by atoms with Crippen molar-refractivity contribution in [1.82, 2.24) is 15.0 Å². The fraction of sp³-hybridized carbons (Fsp3) is 0.125. The smallest absolute Gasteiger partial charge is 0.116 e. The summed E-state index contributed by atoms with van der Waals surface area (Å²) >= 11 is 6.27. The lowest BCUT2D eigenvalue weighted by atomic mass is 10.1. The topological polar surface area (TPSA) is 50.9 Å². The second kappa shape index (κ2) is 6.08. The van der Waals surface area contributed by atoms with Crippen molar-refractivity contribution >= 4 is 11.6 Å². The Hall–Kier alpha value is -2.17. The summed E-state index contributed by atoms with van der Waals surface area (Å²) in [4.78, 5) is 0. The van der Waals surface area contributed by atoms with Crippen LogP contribution in [-0.4, -0.2) is 20.1 Å². The van der Waals surface area contributed by atoms with Gasteiger partial charge in [-0.25, -0.2) is 4.68 Å². The van der Waals surface area contributed by atoms with Crippen LogP contribution in [0.1, 0.15) is 11.3 Å². The molecular weight excluding hydrogens is 286 g/mol. The summed E-state index contributed by atoms with van der Waals surface area (Å²) in [5, 5.41) is 18.3. The molecule has 2 aromatic carbocycles. The van der Waals surface area contributed by atoms with Gasteiger partial charge < -0.3 is 5.11 Å². The van der Waals surface area contributed by atoms with Crippen molar-refractivity contribution < 1.29 is 5.11 Å². The Kier molecular flexibility index (Phi) is 3.99. The van der Waals surface area contributed by atoms with Crippen molar-refractivity contribution in [3.8, 4) is 11.3 Å². The Morgan fingerprint density at radius 3 is 2.43 bits per heavy atom. The molecule has 106 valence electrons. The van der Waals surface area contributed by atoms with Gasteiger partial charge in [0.1, 0.15) is 5.69 Å². The van der Waals surface area contributed by atoms with Crippen LogP contribution in [-0.2, 0) is 13.2 Å². The number of rotatable bonds is 4. The molecule has 3 aromatic rings. The lowest BCUT2D eigenvalue weighted by molar-refractivity contribution is 0.277. The number of hydrogen-bond donors (Lipinski definition) is 1. The summed E-state index contributed by atoms with van der Waals surface area (Å²) < 4.78 is 1.77. The molecule has 0 bridgehead atoms. The monoisotopic (exact) mass is 299 g/mol. The van der Waals surface area contributed by atoms with Gasteiger partial charge in [0.15, 0.2) is 0 Å². The molecular formula is C16H14ClN3O. The molecule has 0 aliphatic rings. The van der Waals surface area contributed by atoms with Crippen molar-refractivity contribution in [2.45, 2.75) is 13.2 Å². The molecule has 0 atom stereocenters. The molecule has 0 saturated heterocycles. The Morgan fingerprint density at radius 2 is 1.71 bits per heavy atom. The Morgan fingerprint density at radius 1 is 1.00 bits per heavy atom. The molecule has 0 aliphatic carbocycles. The highest BCUT2D eigenvalue weighted by atomic mass is 35.5. The van der Waals surface area contributed by atoms with E-state index in [1.807, 2.05) is 54.6 Å². The number of nitrogens with zero attached hydrogens (tertiary/aromatic N) is 3. The average Bonchev–Trinajstić information content (AvgIpc) is 2.91. The maximum absolute atomic E-state index is 9.49. The summed E-state index contributed by atoms with van der Waals surface area (Å²) in [5.74, 6) is 0. The first-order chi connectivity index (χ1) is 10.3. The lowest BCUT2D eigenvalue weighted by Crippen LogP contribution is -2.04. The van der Waals surface area contributed by atoms with Gasteiger partial charge in [0.25, 0.3) is 0 Å². The molecule has 1 aromatic heterocycles. The third-order valence-corrected chi connectivity index (χ3v) is 3.59. The molecule has 0 amide bonds. The van der Waals surface area contributed by atoms with Gasteiger partial charge in [-0.05, 0) is 11.6 Å². The second-order valence-corrected chi connectivity index (χ2v) is 5.07. The van der Waals surface area contributed by atoms with E-state index in [2.05, 4.69) is 10.3 Å². The SMILES string of the molecule is OCc1nnn(Cc2ccccc2)c1-c1ccccc1Cl. The highest BCUT2D eigenvalue weighted by Crippen LogP contribution is 2.29. The first-order valence-corrected chi connectivity index (χ1v) is 6.99. The highest BCUT2D eigenvalue weighted by Gasteiger charge is 2.16. The van der Waals surface area contributed by atoms with E-state index in [4.69, 9.17) is 11.6 Å². The fourth-order valence-corrected chi connectivity index (χ4v) is 2.50. The molecule has 0 spiro atoms. The standard InChI is InChI=1S/C16H14ClN3O/c17-14-9-5-4-8-13(14)16-15(11-21)18-19-20(16)10-12-6-2-1-3-7-12/h1-9,21H,10-11H2. The molecule has 21 heavy (non-hydrogen) atoms. The van der Waals surface area contributed by atoms with Crippen LogP contribution in [0.5, 0.6) is 0 Å². The van der Waals surface area contributed by atoms with Crippen molar-refractivity contribution in [1.29, 1.82) is 0 Å². The van der Waals surface area contributed by atoms with Crippen LogP contribution < -0.4 is 0 Å².